The van der Waals surface area contributed by atoms with Crippen molar-refractivity contribution in [3.8, 4) is 0 Å². The fraction of sp³-hybridized carbons (Fsp3) is 0.889. The minimum atomic E-state index is -0.665. The fourth-order valence-electron chi connectivity index (χ4n) is 3.37. The van der Waals surface area contributed by atoms with Gasteiger partial charge in [0.2, 0.25) is 0 Å². The summed E-state index contributed by atoms with van der Waals surface area (Å²) < 4.78 is 25.1. The molecule has 2 aliphatic heterocycles. The van der Waals surface area contributed by atoms with E-state index in [0.29, 0.717) is 0 Å². The highest BCUT2D eigenvalue weighted by atomic mass is 16.8. The van der Waals surface area contributed by atoms with E-state index < -0.39 is 11.6 Å². The van der Waals surface area contributed by atoms with Gasteiger partial charge in [-0.05, 0) is 67.5 Å². The summed E-state index contributed by atoms with van der Waals surface area (Å²) in [6, 6.07) is 0. The van der Waals surface area contributed by atoms with Crippen molar-refractivity contribution in [1.82, 2.24) is 0 Å². The van der Waals surface area contributed by atoms with E-state index in [-0.39, 0.29) is 22.4 Å². The Balaban J connectivity index is 1.86. The van der Waals surface area contributed by atoms with Gasteiger partial charge in [-0.25, -0.2) is 0 Å². The molecule has 0 aromatic rings. The average Bonchev–Trinajstić information content (AvgIpc) is 2.59. The molecule has 2 fully saturated rings. The average molecular weight is 310 g/mol. The van der Waals surface area contributed by atoms with Crippen LogP contribution in [0.15, 0.2) is 12.2 Å². The number of ether oxygens (including phenoxy) is 4. The van der Waals surface area contributed by atoms with Gasteiger partial charge in [0.25, 0.3) is 0 Å². The first-order chi connectivity index (χ1) is 9.74. The van der Waals surface area contributed by atoms with E-state index in [1.807, 2.05) is 12.2 Å². The molecular weight excluding hydrogens is 280 g/mol. The molecule has 0 amide bonds. The maximum Gasteiger partial charge on any atom is 0.189 e. The molecule has 0 aromatic carbocycles. The van der Waals surface area contributed by atoms with Crippen LogP contribution in [0.1, 0.15) is 68.2 Å². The quantitative estimate of drug-likeness (QED) is 0.635. The first-order valence-electron chi connectivity index (χ1n) is 8.25. The minimum absolute atomic E-state index is 0.336. The Morgan fingerprint density at radius 1 is 0.500 bits per heavy atom. The van der Waals surface area contributed by atoms with Crippen LogP contribution in [0, 0.1) is 0 Å². The van der Waals surface area contributed by atoms with Crippen molar-refractivity contribution >= 4 is 0 Å². The van der Waals surface area contributed by atoms with Crippen molar-refractivity contribution in [2.75, 3.05) is 0 Å². The highest BCUT2D eigenvalue weighted by Crippen LogP contribution is 2.53. The third kappa shape index (κ3) is 2.19. The van der Waals surface area contributed by atoms with Crippen molar-refractivity contribution in [3.63, 3.8) is 0 Å². The number of hydrogen-bond donors (Lipinski definition) is 0. The molecule has 2 saturated heterocycles. The van der Waals surface area contributed by atoms with Crippen LogP contribution in [0.5, 0.6) is 0 Å². The lowest BCUT2D eigenvalue weighted by Gasteiger charge is -2.36. The van der Waals surface area contributed by atoms with Crippen molar-refractivity contribution < 1.29 is 18.9 Å². The third-order valence-electron chi connectivity index (χ3n) is 6.02. The van der Waals surface area contributed by atoms with Crippen LogP contribution in [0.25, 0.3) is 0 Å². The van der Waals surface area contributed by atoms with Crippen LogP contribution in [-0.2, 0) is 18.9 Å². The lowest BCUT2D eigenvalue weighted by Crippen LogP contribution is -2.41. The van der Waals surface area contributed by atoms with E-state index in [0.717, 1.165) is 12.8 Å². The summed E-state index contributed by atoms with van der Waals surface area (Å²) >= 11 is 0. The van der Waals surface area contributed by atoms with Crippen molar-refractivity contribution in [1.29, 1.82) is 0 Å². The van der Waals surface area contributed by atoms with Gasteiger partial charge in [-0.1, -0.05) is 0 Å². The molecule has 0 N–H and O–H groups in total. The first-order valence-corrected chi connectivity index (χ1v) is 8.25. The molecule has 0 bridgehead atoms. The molecular formula is C18H30O4. The zero-order chi connectivity index (χ0) is 16.7. The monoisotopic (exact) mass is 310 g/mol. The molecule has 2 spiro atoms. The van der Waals surface area contributed by atoms with Gasteiger partial charge in [-0.3, -0.25) is 0 Å². The summed E-state index contributed by atoms with van der Waals surface area (Å²) in [5.41, 5.74) is -1.34. The Morgan fingerprint density at radius 2 is 0.727 bits per heavy atom. The SMILES string of the molecule is CC1(C)OC2(C=CC3(CC2)OC(C)(C)C(C)(C)O3)OC1(C)C. The topological polar surface area (TPSA) is 36.9 Å². The maximum atomic E-state index is 6.28. The molecule has 3 rings (SSSR count). The maximum absolute atomic E-state index is 6.28. The van der Waals surface area contributed by atoms with E-state index >= 15 is 0 Å². The number of rotatable bonds is 0. The van der Waals surface area contributed by atoms with E-state index in [1.165, 1.54) is 0 Å². The lowest BCUT2D eigenvalue weighted by atomic mass is 9.90. The molecule has 3 aliphatic rings. The predicted molar refractivity (Wildman–Crippen MR) is 84.5 cm³/mol. The summed E-state index contributed by atoms with van der Waals surface area (Å²) in [5, 5.41) is 0. The van der Waals surface area contributed by atoms with Gasteiger partial charge in [0.15, 0.2) is 11.6 Å². The van der Waals surface area contributed by atoms with E-state index in [4.69, 9.17) is 18.9 Å². The van der Waals surface area contributed by atoms with E-state index in [9.17, 15) is 0 Å². The van der Waals surface area contributed by atoms with Crippen LogP contribution < -0.4 is 0 Å². The van der Waals surface area contributed by atoms with Crippen molar-refractivity contribution in [2.24, 2.45) is 0 Å². The van der Waals surface area contributed by atoms with Gasteiger partial charge in [0, 0.05) is 12.8 Å². The highest BCUT2D eigenvalue weighted by Gasteiger charge is 2.61. The summed E-state index contributed by atoms with van der Waals surface area (Å²) in [4.78, 5) is 0. The zero-order valence-corrected chi connectivity index (χ0v) is 15.2. The smallest absolute Gasteiger partial charge is 0.189 e. The second-order valence-electron chi connectivity index (χ2n) is 8.91. The molecule has 22 heavy (non-hydrogen) atoms. The Kier molecular flexibility index (Phi) is 3.10. The summed E-state index contributed by atoms with van der Waals surface area (Å²) in [7, 11) is 0. The molecule has 126 valence electrons. The van der Waals surface area contributed by atoms with Gasteiger partial charge in [0.1, 0.15) is 0 Å². The van der Waals surface area contributed by atoms with Crippen LogP contribution in [0.4, 0.5) is 0 Å². The first kappa shape index (κ1) is 16.4. The third-order valence-corrected chi connectivity index (χ3v) is 6.02. The highest BCUT2D eigenvalue weighted by molar-refractivity contribution is 5.18. The Labute approximate surface area is 134 Å². The lowest BCUT2D eigenvalue weighted by molar-refractivity contribution is -0.211. The van der Waals surface area contributed by atoms with Gasteiger partial charge in [-0.2, -0.15) is 0 Å². The molecule has 0 saturated carbocycles. The van der Waals surface area contributed by atoms with Gasteiger partial charge in [0.05, 0.1) is 22.4 Å². The molecule has 2 heterocycles. The Bertz CT molecular complexity index is 435. The minimum Gasteiger partial charge on any atom is -0.337 e. The van der Waals surface area contributed by atoms with Crippen LogP contribution in [0.2, 0.25) is 0 Å². The van der Waals surface area contributed by atoms with Crippen molar-refractivity contribution in [3.05, 3.63) is 12.2 Å². The van der Waals surface area contributed by atoms with Gasteiger partial charge >= 0.3 is 0 Å². The Hall–Kier alpha value is -0.420. The predicted octanol–water partition coefficient (Wildman–Crippen LogP) is 3.94. The molecule has 0 unspecified atom stereocenters. The molecule has 0 radical (unpaired) electrons. The second kappa shape index (κ2) is 4.15. The molecule has 4 nitrogen and oxygen atoms in total. The van der Waals surface area contributed by atoms with Crippen LogP contribution in [-0.4, -0.2) is 34.0 Å². The summed E-state index contributed by atoms with van der Waals surface area (Å²) in [5.74, 6) is -1.33. The van der Waals surface area contributed by atoms with Crippen LogP contribution in [0.3, 0.4) is 0 Å². The molecule has 0 aromatic heterocycles. The van der Waals surface area contributed by atoms with Crippen LogP contribution >= 0.6 is 0 Å². The molecule has 0 atom stereocenters. The summed E-state index contributed by atoms with van der Waals surface area (Å²) in [6.07, 6.45) is 5.43. The van der Waals surface area contributed by atoms with Gasteiger partial charge < -0.3 is 18.9 Å². The standard InChI is InChI=1S/C18H30O4/c1-13(2)14(3,4)20-17(19-13)9-11-18(12-10-17)21-15(5,6)16(7,8)22-18/h9,11H,10,12H2,1-8H3. The van der Waals surface area contributed by atoms with E-state index in [2.05, 4.69) is 55.4 Å². The van der Waals surface area contributed by atoms with Gasteiger partial charge in [-0.15, -0.1) is 0 Å². The second-order valence-corrected chi connectivity index (χ2v) is 8.91. The Morgan fingerprint density at radius 3 is 0.909 bits per heavy atom. The normalized spacial score (nSPS) is 35.3. The largest absolute Gasteiger partial charge is 0.337 e. The van der Waals surface area contributed by atoms with Crippen molar-refractivity contribution in [2.45, 2.75) is 102 Å². The van der Waals surface area contributed by atoms with E-state index in [1.54, 1.807) is 0 Å². The summed E-state index contributed by atoms with van der Waals surface area (Å²) in [6.45, 7) is 16.6. The zero-order valence-electron chi connectivity index (χ0n) is 15.2. The number of hydrogen-bond acceptors (Lipinski definition) is 4. The fourth-order valence-corrected chi connectivity index (χ4v) is 3.37. The molecule has 4 heteroatoms. The molecule has 1 aliphatic carbocycles.